The molecule has 1 aromatic carbocycles. The van der Waals surface area contributed by atoms with Gasteiger partial charge in [0.25, 0.3) is 0 Å². The Hall–Kier alpha value is -2.75. The molecule has 154 valence electrons. The molecule has 2 aromatic rings. The smallest absolute Gasteiger partial charge is 0.387 e. The molecule has 0 aliphatic rings. The Kier molecular flexibility index (Phi) is 6.90. The molecule has 10 heteroatoms. The van der Waals surface area contributed by atoms with Gasteiger partial charge in [-0.2, -0.15) is 13.8 Å². The van der Waals surface area contributed by atoms with E-state index in [1.54, 1.807) is 11.9 Å². The van der Waals surface area contributed by atoms with Crippen LogP contribution in [0.2, 0.25) is 0 Å². The predicted molar refractivity (Wildman–Crippen MR) is 97.1 cm³/mol. The number of carbonyl (C=O) groups is 1. The maximum atomic E-state index is 12.4. The van der Waals surface area contributed by atoms with Gasteiger partial charge in [0.2, 0.25) is 17.6 Å². The first kappa shape index (κ1) is 21.5. The molecule has 0 aliphatic heterocycles. The standard InChI is InChI=1S/C18H24F2N4O4/c1-18(2,3)22-14(25)9-24(4)10-15-21-16(23-28-15)11-6-7-12(27-17(19)20)13(8-11)26-5/h6-8,17H,9-10H2,1-5H3,(H,22,25). The second-order valence-electron chi connectivity index (χ2n) is 7.23. The van der Waals surface area contributed by atoms with E-state index in [-0.39, 0.29) is 41.9 Å². The topological polar surface area (TPSA) is 89.7 Å². The van der Waals surface area contributed by atoms with Gasteiger partial charge in [-0.3, -0.25) is 9.69 Å². The SMILES string of the molecule is COc1cc(-c2noc(CN(C)CC(=O)NC(C)(C)C)n2)ccc1OC(F)F. The van der Waals surface area contributed by atoms with Crippen LogP contribution < -0.4 is 14.8 Å². The molecule has 1 aromatic heterocycles. The zero-order valence-electron chi connectivity index (χ0n) is 16.5. The number of carbonyl (C=O) groups excluding carboxylic acids is 1. The molecule has 0 atom stereocenters. The van der Waals surface area contributed by atoms with Gasteiger partial charge in [-0.25, -0.2) is 0 Å². The molecule has 0 saturated heterocycles. The fourth-order valence-corrected chi connectivity index (χ4v) is 2.43. The van der Waals surface area contributed by atoms with E-state index < -0.39 is 6.61 Å². The summed E-state index contributed by atoms with van der Waals surface area (Å²) in [4.78, 5) is 18.0. The van der Waals surface area contributed by atoms with Crippen LogP contribution in [0.15, 0.2) is 22.7 Å². The van der Waals surface area contributed by atoms with Crippen molar-refractivity contribution in [3.63, 3.8) is 0 Å². The highest BCUT2D eigenvalue weighted by molar-refractivity contribution is 5.78. The zero-order valence-corrected chi connectivity index (χ0v) is 16.5. The summed E-state index contributed by atoms with van der Waals surface area (Å²) >= 11 is 0. The van der Waals surface area contributed by atoms with Gasteiger partial charge in [0.15, 0.2) is 11.5 Å². The van der Waals surface area contributed by atoms with Gasteiger partial charge in [0.05, 0.1) is 20.2 Å². The van der Waals surface area contributed by atoms with Crippen molar-refractivity contribution in [2.75, 3.05) is 20.7 Å². The molecular weight excluding hydrogens is 374 g/mol. The van der Waals surface area contributed by atoms with E-state index in [1.165, 1.54) is 25.3 Å². The van der Waals surface area contributed by atoms with Crippen molar-refractivity contribution in [2.45, 2.75) is 39.5 Å². The molecule has 8 nitrogen and oxygen atoms in total. The van der Waals surface area contributed by atoms with E-state index >= 15 is 0 Å². The molecule has 0 saturated carbocycles. The van der Waals surface area contributed by atoms with E-state index in [9.17, 15) is 13.6 Å². The molecule has 28 heavy (non-hydrogen) atoms. The number of aromatic nitrogens is 2. The number of nitrogens with one attached hydrogen (secondary N) is 1. The van der Waals surface area contributed by atoms with Crippen LogP contribution >= 0.6 is 0 Å². The molecule has 1 N–H and O–H groups in total. The lowest BCUT2D eigenvalue weighted by atomic mass is 10.1. The number of alkyl halides is 2. The largest absolute Gasteiger partial charge is 0.493 e. The number of methoxy groups -OCH3 is 1. The van der Waals surface area contributed by atoms with Crippen molar-refractivity contribution in [2.24, 2.45) is 0 Å². The van der Waals surface area contributed by atoms with Crippen LogP contribution in [0.25, 0.3) is 11.4 Å². The van der Waals surface area contributed by atoms with E-state index in [2.05, 4.69) is 20.2 Å². The van der Waals surface area contributed by atoms with Crippen LogP contribution in [0.4, 0.5) is 8.78 Å². The average molecular weight is 398 g/mol. The Morgan fingerprint density at radius 3 is 2.64 bits per heavy atom. The Morgan fingerprint density at radius 2 is 2.04 bits per heavy atom. The normalized spacial score (nSPS) is 11.8. The van der Waals surface area contributed by atoms with Crippen LogP contribution in [-0.4, -0.2) is 53.8 Å². The molecule has 2 rings (SSSR count). The van der Waals surface area contributed by atoms with Gasteiger partial charge in [0.1, 0.15) is 0 Å². The first-order chi connectivity index (χ1) is 13.1. The molecule has 0 bridgehead atoms. The van der Waals surface area contributed by atoms with E-state index in [0.717, 1.165) is 0 Å². The Labute approximate surface area is 161 Å². The second-order valence-corrected chi connectivity index (χ2v) is 7.23. The lowest BCUT2D eigenvalue weighted by Crippen LogP contribution is -2.45. The highest BCUT2D eigenvalue weighted by atomic mass is 19.3. The predicted octanol–water partition coefficient (Wildman–Crippen LogP) is 2.69. The number of ether oxygens (including phenoxy) is 2. The van der Waals surface area contributed by atoms with Gasteiger partial charge >= 0.3 is 6.61 Å². The van der Waals surface area contributed by atoms with E-state index in [1.807, 2.05) is 20.8 Å². The van der Waals surface area contributed by atoms with Crippen molar-refractivity contribution in [1.82, 2.24) is 20.4 Å². The van der Waals surface area contributed by atoms with Crippen molar-refractivity contribution in [3.8, 4) is 22.9 Å². The number of rotatable bonds is 8. The van der Waals surface area contributed by atoms with E-state index in [4.69, 9.17) is 9.26 Å². The third-order valence-electron chi connectivity index (χ3n) is 3.44. The van der Waals surface area contributed by atoms with Gasteiger partial charge in [-0.1, -0.05) is 5.16 Å². The molecule has 0 unspecified atom stereocenters. The number of amides is 1. The Bertz CT molecular complexity index is 805. The van der Waals surface area contributed by atoms with Crippen LogP contribution in [-0.2, 0) is 11.3 Å². The zero-order chi connectivity index (χ0) is 20.9. The monoisotopic (exact) mass is 398 g/mol. The van der Waals surface area contributed by atoms with Gasteiger partial charge in [0, 0.05) is 11.1 Å². The lowest BCUT2D eigenvalue weighted by molar-refractivity contribution is -0.123. The lowest BCUT2D eigenvalue weighted by Gasteiger charge is -2.22. The number of likely N-dealkylation sites (N-methyl/N-ethyl adjacent to an activating group) is 1. The minimum absolute atomic E-state index is 0.0884. The van der Waals surface area contributed by atoms with Crippen LogP contribution in [0, 0.1) is 0 Å². The number of nitrogens with zero attached hydrogens (tertiary/aromatic N) is 3. The molecule has 0 aliphatic carbocycles. The molecular formula is C18H24F2N4O4. The van der Waals surface area contributed by atoms with Crippen molar-refractivity contribution in [1.29, 1.82) is 0 Å². The minimum Gasteiger partial charge on any atom is -0.493 e. The summed E-state index contributed by atoms with van der Waals surface area (Å²) in [5.74, 6) is 0.501. The van der Waals surface area contributed by atoms with E-state index in [0.29, 0.717) is 11.5 Å². The first-order valence-corrected chi connectivity index (χ1v) is 8.53. The quantitative estimate of drug-likeness (QED) is 0.731. The third-order valence-corrected chi connectivity index (χ3v) is 3.44. The Balaban J connectivity index is 2.04. The summed E-state index contributed by atoms with van der Waals surface area (Å²) in [7, 11) is 3.10. The number of hydrogen-bond acceptors (Lipinski definition) is 7. The maximum Gasteiger partial charge on any atom is 0.387 e. The summed E-state index contributed by atoms with van der Waals surface area (Å²) in [6.07, 6.45) is 0. The molecule has 1 heterocycles. The summed E-state index contributed by atoms with van der Waals surface area (Å²) in [6.45, 7) is 3.20. The van der Waals surface area contributed by atoms with Gasteiger partial charge in [-0.15, -0.1) is 0 Å². The fourth-order valence-electron chi connectivity index (χ4n) is 2.43. The number of hydrogen-bond donors (Lipinski definition) is 1. The van der Waals surface area contributed by atoms with Crippen LogP contribution in [0.3, 0.4) is 0 Å². The van der Waals surface area contributed by atoms with Crippen LogP contribution in [0.1, 0.15) is 26.7 Å². The number of benzene rings is 1. The third kappa shape index (κ3) is 6.45. The van der Waals surface area contributed by atoms with Crippen molar-refractivity contribution >= 4 is 5.91 Å². The molecule has 0 fully saturated rings. The molecule has 0 radical (unpaired) electrons. The van der Waals surface area contributed by atoms with Crippen molar-refractivity contribution < 1.29 is 27.6 Å². The van der Waals surface area contributed by atoms with Crippen LogP contribution in [0.5, 0.6) is 11.5 Å². The molecule has 0 spiro atoms. The fraction of sp³-hybridized carbons (Fsp3) is 0.500. The highest BCUT2D eigenvalue weighted by Gasteiger charge is 2.18. The Morgan fingerprint density at radius 1 is 1.32 bits per heavy atom. The number of halogens is 2. The highest BCUT2D eigenvalue weighted by Crippen LogP contribution is 2.32. The van der Waals surface area contributed by atoms with Gasteiger partial charge < -0.3 is 19.3 Å². The second kappa shape index (κ2) is 8.96. The van der Waals surface area contributed by atoms with Gasteiger partial charge in [-0.05, 0) is 46.0 Å². The summed E-state index contributed by atoms with van der Waals surface area (Å²) in [6, 6.07) is 4.35. The first-order valence-electron chi connectivity index (χ1n) is 8.53. The summed E-state index contributed by atoms with van der Waals surface area (Å²) in [5.41, 5.74) is 0.205. The maximum absolute atomic E-state index is 12.4. The van der Waals surface area contributed by atoms with Crippen molar-refractivity contribution in [3.05, 3.63) is 24.1 Å². The summed E-state index contributed by atoms with van der Waals surface area (Å²) < 4.78 is 39.5. The average Bonchev–Trinajstić information content (AvgIpc) is 3.00. The summed E-state index contributed by atoms with van der Waals surface area (Å²) in [5, 5.41) is 6.76. The minimum atomic E-state index is -2.96. The molecule has 1 amide bonds.